The Morgan fingerprint density at radius 1 is 1.43 bits per heavy atom. The molecule has 0 atom stereocenters. The van der Waals surface area contributed by atoms with Gasteiger partial charge in [-0.2, -0.15) is 4.99 Å². The van der Waals surface area contributed by atoms with Crippen LogP contribution in [0.1, 0.15) is 5.56 Å². The third-order valence-corrected chi connectivity index (χ3v) is 4.65. The number of carbonyl (C=O) groups is 1. The van der Waals surface area contributed by atoms with Gasteiger partial charge in [0.2, 0.25) is 5.13 Å². The number of rotatable bonds is 4. The number of aromatic hydroxyl groups is 1. The van der Waals surface area contributed by atoms with Crippen molar-refractivity contribution in [1.82, 2.24) is 9.88 Å². The number of aromatic nitrogens is 1. The molecule has 1 N–H and O–H groups in total. The zero-order chi connectivity index (χ0) is 16.2. The van der Waals surface area contributed by atoms with Crippen molar-refractivity contribution in [2.24, 2.45) is 4.99 Å². The smallest absolute Gasteiger partial charge is 0.267 e. The van der Waals surface area contributed by atoms with Gasteiger partial charge in [-0.1, -0.05) is 18.2 Å². The van der Waals surface area contributed by atoms with Crippen molar-refractivity contribution >= 4 is 45.4 Å². The first-order chi connectivity index (χ1) is 11.2. The Hall–Kier alpha value is -2.38. The topological polar surface area (TPSA) is 65.8 Å². The van der Waals surface area contributed by atoms with E-state index in [1.807, 2.05) is 11.4 Å². The van der Waals surface area contributed by atoms with Crippen molar-refractivity contribution in [1.29, 1.82) is 0 Å². The van der Waals surface area contributed by atoms with E-state index in [1.165, 1.54) is 23.1 Å². The molecule has 0 unspecified atom stereocenters. The van der Waals surface area contributed by atoms with E-state index in [0.717, 1.165) is 5.56 Å². The van der Waals surface area contributed by atoms with Gasteiger partial charge in [-0.05, 0) is 35.5 Å². The first-order valence-electron chi connectivity index (χ1n) is 6.77. The van der Waals surface area contributed by atoms with E-state index in [1.54, 1.807) is 41.4 Å². The highest BCUT2D eigenvalue weighted by atomic mass is 32.2. The number of thiazole rings is 1. The molecule has 23 heavy (non-hydrogen) atoms. The lowest BCUT2D eigenvalue weighted by Crippen LogP contribution is -2.29. The molecule has 1 aliphatic heterocycles. The quantitative estimate of drug-likeness (QED) is 0.680. The van der Waals surface area contributed by atoms with E-state index in [0.29, 0.717) is 21.7 Å². The van der Waals surface area contributed by atoms with E-state index < -0.39 is 0 Å². The fourth-order valence-electron chi connectivity index (χ4n) is 2.00. The van der Waals surface area contributed by atoms with Gasteiger partial charge in [0.15, 0.2) is 5.17 Å². The van der Waals surface area contributed by atoms with Crippen LogP contribution in [0.2, 0.25) is 0 Å². The first-order valence-corrected chi connectivity index (χ1v) is 8.46. The molecule has 0 aliphatic carbocycles. The predicted molar refractivity (Wildman–Crippen MR) is 94.8 cm³/mol. The molecular formula is C16H13N3O2S2. The number of amides is 1. The average molecular weight is 343 g/mol. The summed E-state index contributed by atoms with van der Waals surface area (Å²) < 4.78 is 0. The normalized spacial score (nSPS) is 18.1. The summed E-state index contributed by atoms with van der Waals surface area (Å²) >= 11 is 2.70. The SMILES string of the molecule is C=CCN1C(=O)/C(=C/c2cccc(O)c2)S/C1=N/c1nccs1. The molecule has 1 fully saturated rings. The van der Waals surface area contributed by atoms with Gasteiger partial charge in [0.1, 0.15) is 5.75 Å². The summed E-state index contributed by atoms with van der Waals surface area (Å²) in [6.45, 7) is 4.07. The summed E-state index contributed by atoms with van der Waals surface area (Å²) in [5.74, 6) is 0.0305. The highest BCUT2D eigenvalue weighted by Crippen LogP contribution is 2.34. The maximum atomic E-state index is 12.6. The van der Waals surface area contributed by atoms with E-state index in [9.17, 15) is 9.90 Å². The number of aliphatic imine (C=N–C) groups is 1. The number of amidine groups is 1. The number of benzene rings is 1. The molecule has 2 aromatic rings. The van der Waals surface area contributed by atoms with E-state index in [2.05, 4.69) is 16.6 Å². The number of thioether (sulfide) groups is 1. The molecule has 2 heterocycles. The molecule has 0 saturated carbocycles. The van der Waals surface area contributed by atoms with Crippen molar-refractivity contribution in [3.05, 3.63) is 59.0 Å². The van der Waals surface area contributed by atoms with Gasteiger partial charge < -0.3 is 5.11 Å². The minimum atomic E-state index is -0.131. The summed E-state index contributed by atoms with van der Waals surface area (Å²) in [6.07, 6.45) is 5.08. The summed E-state index contributed by atoms with van der Waals surface area (Å²) in [5, 5.41) is 12.6. The van der Waals surface area contributed by atoms with Gasteiger partial charge in [-0.3, -0.25) is 9.69 Å². The van der Waals surface area contributed by atoms with Crippen LogP contribution in [0, 0.1) is 0 Å². The summed E-state index contributed by atoms with van der Waals surface area (Å²) in [7, 11) is 0. The number of nitrogens with zero attached hydrogens (tertiary/aromatic N) is 3. The van der Waals surface area contributed by atoms with E-state index in [4.69, 9.17) is 0 Å². The van der Waals surface area contributed by atoms with Crippen LogP contribution in [-0.4, -0.2) is 32.6 Å². The van der Waals surface area contributed by atoms with Gasteiger partial charge in [-0.25, -0.2) is 4.98 Å². The van der Waals surface area contributed by atoms with Crippen LogP contribution in [0.15, 0.2) is 58.4 Å². The Morgan fingerprint density at radius 3 is 3.00 bits per heavy atom. The zero-order valence-electron chi connectivity index (χ0n) is 12.0. The molecule has 116 valence electrons. The monoisotopic (exact) mass is 343 g/mol. The lowest BCUT2D eigenvalue weighted by molar-refractivity contribution is -0.121. The van der Waals surface area contributed by atoms with Gasteiger partial charge in [0, 0.05) is 18.1 Å². The predicted octanol–water partition coefficient (Wildman–Crippen LogP) is 3.64. The van der Waals surface area contributed by atoms with Crippen LogP contribution in [0.4, 0.5) is 5.13 Å². The Labute approximate surface area is 141 Å². The Morgan fingerprint density at radius 2 is 2.30 bits per heavy atom. The first kappa shape index (κ1) is 15.5. The maximum absolute atomic E-state index is 12.6. The third-order valence-electron chi connectivity index (χ3n) is 2.98. The molecule has 5 nitrogen and oxygen atoms in total. The zero-order valence-corrected chi connectivity index (χ0v) is 13.7. The number of phenols is 1. The summed E-state index contributed by atoms with van der Waals surface area (Å²) in [6, 6.07) is 6.76. The maximum Gasteiger partial charge on any atom is 0.267 e. The van der Waals surface area contributed by atoms with E-state index >= 15 is 0 Å². The third kappa shape index (κ3) is 3.52. The lowest BCUT2D eigenvalue weighted by atomic mass is 10.2. The van der Waals surface area contributed by atoms with Crippen molar-refractivity contribution in [3.8, 4) is 5.75 Å². The van der Waals surface area contributed by atoms with Gasteiger partial charge in [-0.15, -0.1) is 17.9 Å². The highest BCUT2D eigenvalue weighted by Gasteiger charge is 2.32. The van der Waals surface area contributed by atoms with E-state index in [-0.39, 0.29) is 11.7 Å². The molecule has 1 saturated heterocycles. The van der Waals surface area contributed by atoms with Crippen LogP contribution in [0.3, 0.4) is 0 Å². The van der Waals surface area contributed by atoms with Crippen LogP contribution in [0.5, 0.6) is 5.75 Å². The number of carbonyl (C=O) groups excluding carboxylic acids is 1. The Bertz CT molecular complexity index is 797. The number of hydrogen-bond acceptors (Lipinski definition) is 6. The summed E-state index contributed by atoms with van der Waals surface area (Å²) in [5.41, 5.74) is 0.759. The molecule has 1 aromatic heterocycles. The number of hydrogen-bond donors (Lipinski definition) is 1. The second kappa shape index (κ2) is 6.80. The molecule has 0 bridgehead atoms. The van der Waals surface area contributed by atoms with Crippen molar-refractivity contribution in [2.45, 2.75) is 0 Å². The highest BCUT2D eigenvalue weighted by molar-refractivity contribution is 8.18. The molecule has 1 aliphatic rings. The van der Waals surface area contributed by atoms with Crippen LogP contribution in [-0.2, 0) is 4.79 Å². The fourth-order valence-corrected chi connectivity index (χ4v) is 3.55. The second-order valence-electron chi connectivity index (χ2n) is 4.62. The van der Waals surface area contributed by atoms with Crippen LogP contribution in [0.25, 0.3) is 6.08 Å². The summed E-state index contributed by atoms with van der Waals surface area (Å²) in [4.78, 5) is 23.2. The molecular weight excluding hydrogens is 330 g/mol. The van der Waals surface area contributed by atoms with Crippen LogP contribution >= 0.6 is 23.1 Å². The van der Waals surface area contributed by atoms with Gasteiger partial charge >= 0.3 is 0 Å². The molecule has 3 rings (SSSR count). The van der Waals surface area contributed by atoms with Gasteiger partial charge in [0.05, 0.1) is 4.91 Å². The minimum Gasteiger partial charge on any atom is -0.508 e. The lowest BCUT2D eigenvalue weighted by Gasteiger charge is -2.11. The fraction of sp³-hybridized carbons (Fsp3) is 0.0625. The minimum absolute atomic E-state index is 0.131. The average Bonchev–Trinajstić information content (AvgIpc) is 3.12. The largest absolute Gasteiger partial charge is 0.508 e. The Balaban J connectivity index is 1.94. The molecule has 1 aromatic carbocycles. The molecule has 0 spiro atoms. The number of phenolic OH excluding ortho intramolecular Hbond substituents is 1. The Kier molecular flexibility index (Phi) is 4.59. The van der Waals surface area contributed by atoms with Crippen LogP contribution < -0.4 is 0 Å². The van der Waals surface area contributed by atoms with Crippen molar-refractivity contribution in [2.75, 3.05) is 6.54 Å². The van der Waals surface area contributed by atoms with Crippen molar-refractivity contribution < 1.29 is 9.90 Å². The standard InChI is InChI=1S/C16H13N3O2S2/c1-2-7-19-14(21)13(10-11-4-3-5-12(20)9-11)23-16(19)18-15-17-6-8-22-15/h2-6,8-10,20H,1,7H2/b13-10-,18-16+. The second-order valence-corrected chi connectivity index (χ2v) is 6.50. The molecule has 0 radical (unpaired) electrons. The van der Waals surface area contributed by atoms with Gasteiger partial charge in [0.25, 0.3) is 5.91 Å². The molecule has 1 amide bonds. The molecule has 7 heteroatoms. The van der Waals surface area contributed by atoms with Crippen molar-refractivity contribution in [3.63, 3.8) is 0 Å².